The molecule has 1 aromatic rings. The number of benzene rings is 1. The lowest BCUT2D eigenvalue weighted by molar-refractivity contribution is -0.179. The highest BCUT2D eigenvalue weighted by atomic mass is 16.6. The first-order valence-corrected chi connectivity index (χ1v) is 6.94. The zero-order chi connectivity index (χ0) is 17.9. The molecule has 0 saturated carbocycles. The van der Waals surface area contributed by atoms with Crippen molar-refractivity contribution >= 4 is 23.6 Å². The van der Waals surface area contributed by atoms with Crippen LogP contribution in [0.1, 0.15) is 6.92 Å². The van der Waals surface area contributed by atoms with Crippen LogP contribution in [-0.4, -0.2) is 45.0 Å². The van der Waals surface area contributed by atoms with Gasteiger partial charge >= 0.3 is 23.6 Å². The van der Waals surface area contributed by atoms with E-state index in [0.29, 0.717) is 5.69 Å². The first-order chi connectivity index (χ1) is 11.4. The number of rotatable bonds is 4. The number of hydrogen-bond donors (Lipinski definition) is 0. The van der Waals surface area contributed by atoms with Crippen LogP contribution in [0.25, 0.3) is 0 Å². The van der Waals surface area contributed by atoms with E-state index in [9.17, 15) is 14.4 Å². The van der Waals surface area contributed by atoms with Gasteiger partial charge in [-0.3, -0.25) is 4.90 Å². The first kappa shape index (κ1) is 17.3. The number of esters is 3. The van der Waals surface area contributed by atoms with Crippen molar-refractivity contribution in [1.29, 1.82) is 0 Å². The van der Waals surface area contributed by atoms with Gasteiger partial charge in [0.15, 0.2) is 5.70 Å². The van der Waals surface area contributed by atoms with Gasteiger partial charge in [0.2, 0.25) is 0 Å². The number of allylic oxidation sites excluding steroid dienone is 1. The molecule has 128 valence electrons. The molecule has 0 N–H and O–H groups in total. The van der Waals surface area contributed by atoms with E-state index in [4.69, 9.17) is 18.9 Å². The van der Waals surface area contributed by atoms with E-state index in [1.165, 1.54) is 14.0 Å². The van der Waals surface area contributed by atoms with E-state index in [1.54, 1.807) is 30.3 Å². The van der Waals surface area contributed by atoms with Crippen molar-refractivity contribution in [3.8, 4) is 0 Å². The highest BCUT2D eigenvalue weighted by molar-refractivity contribution is 6.11. The molecule has 1 heterocycles. The minimum Gasteiger partial charge on any atom is -0.464 e. The van der Waals surface area contributed by atoms with Crippen LogP contribution in [0.5, 0.6) is 0 Å². The number of hydrogen-bond acceptors (Lipinski definition) is 8. The Labute approximate surface area is 138 Å². The maximum atomic E-state index is 12.5. The third-order valence-corrected chi connectivity index (χ3v) is 3.49. The second-order valence-electron chi connectivity index (χ2n) is 4.80. The molecule has 0 bridgehead atoms. The van der Waals surface area contributed by atoms with Crippen molar-refractivity contribution < 1.29 is 33.3 Å². The van der Waals surface area contributed by atoms with Crippen LogP contribution in [0.4, 0.5) is 5.69 Å². The molecular weight excluding hydrogens is 318 g/mol. The van der Waals surface area contributed by atoms with Crippen LogP contribution in [0.2, 0.25) is 0 Å². The minimum absolute atomic E-state index is 0.0292. The summed E-state index contributed by atoms with van der Waals surface area (Å²) in [6.45, 7) is 1.44. The Hall–Kier alpha value is -3.03. The van der Waals surface area contributed by atoms with Gasteiger partial charge < -0.3 is 18.9 Å². The predicted molar refractivity (Wildman–Crippen MR) is 81.5 cm³/mol. The normalized spacial score (nSPS) is 15.6. The fourth-order valence-corrected chi connectivity index (χ4v) is 2.48. The van der Waals surface area contributed by atoms with Gasteiger partial charge in [-0.1, -0.05) is 18.2 Å². The average molecular weight is 335 g/mol. The van der Waals surface area contributed by atoms with Crippen molar-refractivity contribution in [2.24, 2.45) is 0 Å². The largest absolute Gasteiger partial charge is 0.464 e. The van der Waals surface area contributed by atoms with E-state index >= 15 is 0 Å². The summed E-state index contributed by atoms with van der Waals surface area (Å²) in [5, 5.41) is 0. The van der Waals surface area contributed by atoms with Crippen molar-refractivity contribution in [2.45, 2.75) is 12.6 Å². The summed E-state index contributed by atoms with van der Waals surface area (Å²) in [5.74, 6) is -2.81. The van der Waals surface area contributed by atoms with Crippen LogP contribution < -0.4 is 4.90 Å². The summed E-state index contributed by atoms with van der Waals surface area (Å²) in [4.78, 5) is 38.2. The minimum atomic E-state index is -2.31. The molecule has 1 aliphatic heterocycles. The molecule has 0 atom stereocenters. The van der Waals surface area contributed by atoms with Crippen LogP contribution >= 0.6 is 0 Å². The quantitative estimate of drug-likeness (QED) is 0.457. The molecule has 24 heavy (non-hydrogen) atoms. The molecule has 1 aromatic carbocycles. The van der Waals surface area contributed by atoms with E-state index in [1.807, 2.05) is 0 Å². The number of methoxy groups -OCH3 is 3. The number of para-hydroxylation sites is 1. The van der Waals surface area contributed by atoms with Gasteiger partial charge in [-0.05, 0) is 19.1 Å². The van der Waals surface area contributed by atoms with Crippen molar-refractivity contribution in [3.05, 3.63) is 41.8 Å². The van der Waals surface area contributed by atoms with Gasteiger partial charge in [0.25, 0.3) is 0 Å². The molecule has 1 aliphatic rings. The molecule has 0 aliphatic carbocycles. The van der Waals surface area contributed by atoms with Gasteiger partial charge in [-0.25, -0.2) is 14.4 Å². The third-order valence-electron chi connectivity index (χ3n) is 3.49. The van der Waals surface area contributed by atoms with Gasteiger partial charge in [-0.15, -0.1) is 0 Å². The van der Waals surface area contributed by atoms with E-state index in [0.717, 1.165) is 19.1 Å². The Bertz CT molecular complexity index is 680. The lowest BCUT2D eigenvalue weighted by Gasteiger charge is -2.33. The molecular formula is C16H17NO7. The number of carbonyl (C=O) groups excluding carboxylic acids is 3. The zero-order valence-corrected chi connectivity index (χ0v) is 13.7. The fraction of sp³-hybridized carbons (Fsp3) is 0.312. The zero-order valence-electron chi connectivity index (χ0n) is 13.7. The smallest absolute Gasteiger partial charge is 0.385 e. The molecule has 2 rings (SSSR count). The van der Waals surface area contributed by atoms with E-state index < -0.39 is 23.6 Å². The molecule has 8 heteroatoms. The Kier molecular flexibility index (Phi) is 4.77. The Balaban J connectivity index is 2.74. The summed E-state index contributed by atoms with van der Waals surface area (Å²) in [6, 6.07) is 8.30. The van der Waals surface area contributed by atoms with Crippen LogP contribution in [0, 0.1) is 0 Å². The monoisotopic (exact) mass is 335 g/mol. The second kappa shape index (κ2) is 6.61. The lowest BCUT2D eigenvalue weighted by Crippen LogP contribution is -2.60. The maximum Gasteiger partial charge on any atom is 0.385 e. The van der Waals surface area contributed by atoms with Crippen LogP contribution in [0.3, 0.4) is 0 Å². The Morgan fingerprint density at radius 1 is 0.958 bits per heavy atom. The molecule has 0 radical (unpaired) electrons. The van der Waals surface area contributed by atoms with E-state index in [2.05, 4.69) is 0 Å². The van der Waals surface area contributed by atoms with E-state index in [-0.39, 0.29) is 11.5 Å². The molecule has 0 aromatic heterocycles. The standard InChI is InChI=1S/C16H17NO7/c1-10-12(13(18)21-2)17(11-8-6-5-7-9-11)16(24-10,14(19)22-3)15(20)23-4/h5-9H,1-4H3. The predicted octanol–water partition coefficient (Wildman–Crippen LogP) is 0.970. The Morgan fingerprint density at radius 3 is 1.96 bits per heavy atom. The number of ether oxygens (including phenoxy) is 4. The molecule has 8 nitrogen and oxygen atoms in total. The van der Waals surface area contributed by atoms with Gasteiger partial charge in [0.1, 0.15) is 5.76 Å². The van der Waals surface area contributed by atoms with Crippen molar-refractivity contribution in [3.63, 3.8) is 0 Å². The van der Waals surface area contributed by atoms with Crippen molar-refractivity contribution in [1.82, 2.24) is 0 Å². The summed E-state index contributed by atoms with van der Waals surface area (Å²) >= 11 is 0. The number of anilines is 1. The summed E-state index contributed by atoms with van der Waals surface area (Å²) in [6.07, 6.45) is 0. The van der Waals surface area contributed by atoms with Crippen LogP contribution in [-0.2, 0) is 33.3 Å². The van der Waals surface area contributed by atoms with Gasteiger partial charge in [0, 0.05) is 5.69 Å². The summed E-state index contributed by atoms with van der Waals surface area (Å²) in [7, 11) is 3.39. The highest BCUT2D eigenvalue weighted by Crippen LogP contribution is 2.40. The van der Waals surface area contributed by atoms with Crippen LogP contribution in [0.15, 0.2) is 41.8 Å². The van der Waals surface area contributed by atoms with Gasteiger partial charge in [0.05, 0.1) is 21.3 Å². The lowest BCUT2D eigenvalue weighted by atomic mass is 10.1. The summed E-state index contributed by atoms with van der Waals surface area (Å²) in [5.41, 5.74) is -2.05. The second-order valence-corrected chi connectivity index (χ2v) is 4.80. The maximum absolute atomic E-state index is 12.5. The highest BCUT2D eigenvalue weighted by Gasteiger charge is 2.63. The summed E-state index contributed by atoms with van der Waals surface area (Å²) < 4.78 is 19.7. The molecule has 0 spiro atoms. The molecule has 0 amide bonds. The average Bonchev–Trinajstić information content (AvgIpc) is 2.94. The first-order valence-electron chi connectivity index (χ1n) is 6.94. The Morgan fingerprint density at radius 2 is 1.50 bits per heavy atom. The molecule has 0 fully saturated rings. The fourth-order valence-electron chi connectivity index (χ4n) is 2.48. The van der Waals surface area contributed by atoms with Crippen molar-refractivity contribution in [2.75, 3.05) is 26.2 Å². The molecule has 0 unspecified atom stereocenters. The number of nitrogens with zero attached hydrogens (tertiary/aromatic N) is 1. The third kappa shape index (κ3) is 2.45. The topological polar surface area (TPSA) is 91.4 Å². The molecule has 0 saturated heterocycles. The SMILES string of the molecule is COC(=O)C1=C(C)OC(C(=O)OC)(C(=O)OC)N1c1ccccc1. The van der Waals surface area contributed by atoms with Gasteiger partial charge in [-0.2, -0.15) is 0 Å². The number of carbonyl (C=O) groups is 3.